The fourth-order valence-corrected chi connectivity index (χ4v) is 6.95. The SMILES string of the molecule is COCCOC(=O)N(CC(=O)N1CCN(C(=O)CSCCOCCOCCOCC(C)=O)CC1)CC(=O)N1CCN(C(=O)CSCCOCCOCCOCC(C)=O)CC1. The summed E-state index contributed by atoms with van der Waals surface area (Å²) in [5.41, 5.74) is 0. The summed E-state index contributed by atoms with van der Waals surface area (Å²) in [6.07, 6.45) is -0.815. The van der Waals surface area contributed by atoms with Gasteiger partial charge in [0.25, 0.3) is 0 Å². The molecule has 0 aromatic rings. The Kier molecular flexibility index (Phi) is 29.6. The molecular weight excluding hydrogens is 831 g/mol. The summed E-state index contributed by atoms with van der Waals surface area (Å²) in [5.74, 6) is 0.951. The molecule has 2 aliphatic heterocycles. The first kappa shape index (κ1) is 53.0. The van der Waals surface area contributed by atoms with Crippen LogP contribution in [0.1, 0.15) is 13.8 Å². The van der Waals surface area contributed by atoms with E-state index < -0.39 is 6.09 Å². The molecule has 22 heteroatoms. The van der Waals surface area contributed by atoms with Gasteiger partial charge in [0.05, 0.1) is 84.2 Å². The average molecular weight is 896 g/mol. The number of piperazine rings is 2. The van der Waals surface area contributed by atoms with Crippen molar-refractivity contribution < 1.29 is 71.5 Å². The Morgan fingerprint density at radius 3 is 1.13 bits per heavy atom. The average Bonchev–Trinajstić information content (AvgIpc) is 3.23. The van der Waals surface area contributed by atoms with E-state index in [9.17, 15) is 33.6 Å². The van der Waals surface area contributed by atoms with Crippen LogP contribution >= 0.6 is 23.5 Å². The highest BCUT2D eigenvalue weighted by Gasteiger charge is 2.31. The highest BCUT2D eigenvalue weighted by atomic mass is 32.2. The van der Waals surface area contributed by atoms with Crippen LogP contribution in [0.5, 0.6) is 0 Å². The molecule has 20 nitrogen and oxygen atoms in total. The minimum atomic E-state index is -0.815. The van der Waals surface area contributed by atoms with Gasteiger partial charge < -0.3 is 57.5 Å². The molecule has 0 spiro atoms. The molecule has 2 rings (SSSR count). The lowest BCUT2D eigenvalue weighted by molar-refractivity contribution is -0.141. The van der Waals surface area contributed by atoms with Gasteiger partial charge in [0, 0.05) is 71.0 Å². The largest absolute Gasteiger partial charge is 0.447 e. The van der Waals surface area contributed by atoms with Crippen molar-refractivity contribution in [2.75, 3.05) is 188 Å². The van der Waals surface area contributed by atoms with E-state index >= 15 is 0 Å². The number of hydrogen-bond acceptors (Lipinski definition) is 17. The van der Waals surface area contributed by atoms with Crippen LogP contribution in [0.2, 0.25) is 0 Å². The van der Waals surface area contributed by atoms with E-state index in [1.165, 1.54) is 44.5 Å². The summed E-state index contributed by atoms with van der Waals surface area (Å²) in [6, 6.07) is 0. The van der Waals surface area contributed by atoms with Crippen molar-refractivity contribution in [2.24, 2.45) is 0 Å². The van der Waals surface area contributed by atoms with Crippen LogP contribution < -0.4 is 0 Å². The topological polar surface area (TPSA) is 210 Å². The third-order valence-corrected chi connectivity index (χ3v) is 10.5. The van der Waals surface area contributed by atoms with Crippen molar-refractivity contribution in [1.82, 2.24) is 24.5 Å². The second-order valence-electron chi connectivity index (χ2n) is 13.6. The molecule has 2 fully saturated rings. The number of rotatable bonds is 33. The number of methoxy groups -OCH3 is 1. The van der Waals surface area contributed by atoms with Crippen molar-refractivity contribution in [3.8, 4) is 0 Å². The molecule has 0 aromatic carbocycles. The van der Waals surface area contributed by atoms with Gasteiger partial charge in [-0.25, -0.2) is 4.79 Å². The lowest BCUT2D eigenvalue weighted by Gasteiger charge is -2.37. The fraction of sp³-hybridized carbons (Fsp3) is 0.816. The van der Waals surface area contributed by atoms with Crippen molar-refractivity contribution >= 4 is 64.8 Å². The van der Waals surface area contributed by atoms with Crippen molar-refractivity contribution in [3.05, 3.63) is 0 Å². The van der Waals surface area contributed by atoms with Gasteiger partial charge in [-0.05, 0) is 13.8 Å². The number of ether oxygens (including phenoxy) is 8. The van der Waals surface area contributed by atoms with Crippen LogP contribution in [-0.4, -0.2) is 254 Å². The third-order valence-electron chi connectivity index (χ3n) is 8.69. The molecule has 0 N–H and O–H groups in total. The molecule has 0 bridgehead atoms. The summed E-state index contributed by atoms with van der Waals surface area (Å²) in [5, 5.41) is 0. The van der Waals surface area contributed by atoms with Crippen LogP contribution in [0.4, 0.5) is 4.79 Å². The second kappa shape index (κ2) is 33.5. The Morgan fingerprint density at radius 2 is 0.783 bits per heavy atom. The van der Waals surface area contributed by atoms with Gasteiger partial charge in [0.15, 0.2) is 11.6 Å². The number of carbonyl (C=O) groups is 7. The van der Waals surface area contributed by atoms with E-state index in [1.807, 2.05) is 0 Å². The molecule has 0 radical (unpaired) electrons. The molecule has 0 aromatic heterocycles. The smallest absolute Gasteiger partial charge is 0.410 e. The van der Waals surface area contributed by atoms with Gasteiger partial charge in [0.1, 0.15) is 32.9 Å². The zero-order valence-electron chi connectivity index (χ0n) is 35.5. The second-order valence-corrected chi connectivity index (χ2v) is 15.8. The van der Waals surface area contributed by atoms with Crippen LogP contribution in [0.3, 0.4) is 0 Å². The lowest BCUT2D eigenvalue weighted by Crippen LogP contribution is -2.56. The maximum Gasteiger partial charge on any atom is 0.410 e. The van der Waals surface area contributed by atoms with Crippen LogP contribution in [0.25, 0.3) is 0 Å². The van der Waals surface area contributed by atoms with E-state index in [-0.39, 0.29) is 112 Å². The number of ketones is 2. The van der Waals surface area contributed by atoms with Crippen molar-refractivity contribution in [1.29, 1.82) is 0 Å². The summed E-state index contributed by atoms with van der Waals surface area (Å²) < 4.78 is 42.3. The van der Waals surface area contributed by atoms with E-state index in [4.69, 9.17) is 37.9 Å². The number of amides is 5. The van der Waals surface area contributed by atoms with E-state index in [0.717, 1.165) is 4.90 Å². The van der Waals surface area contributed by atoms with Crippen LogP contribution in [-0.2, 0) is 66.7 Å². The van der Waals surface area contributed by atoms with Crippen molar-refractivity contribution in [2.45, 2.75) is 13.8 Å². The predicted octanol–water partition coefficient (Wildman–Crippen LogP) is -0.843. The lowest BCUT2D eigenvalue weighted by atomic mass is 10.3. The zero-order valence-corrected chi connectivity index (χ0v) is 37.1. The molecule has 0 unspecified atom stereocenters. The summed E-state index contributed by atoms with van der Waals surface area (Å²) in [4.78, 5) is 94.6. The summed E-state index contributed by atoms with van der Waals surface area (Å²) >= 11 is 2.92. The maximum atomic E-state index is 13.3. The molecular formula is C38H65N5O15S2. The standard InChI is InChI=1S/C38H65N5O15S2/c1-32(44)28-56-19-17-52-13-15-54-22-24-59-30-36(48)41-8-4-39(5-9-41)34(46)26-43(38(50)58-21-12-51-3)27-35(47)40-6-10-42(11-7-40)37(49)31-60-25-23-55-16-14-53-18-20-57-29-33(2)45/h4-31H2,1-3H3. The quantitative estimate of drug-likeness (QED) is 0.0736. The fourth-order valence-electron chi connectivity index (χ4n) is 5.47. The number of nitrogens with zero attached hydrogens (tertiary/aromatic N) is 5. The first-order chi connectivity index (χ1) is 29.0. The van der Waals surface area contributed by atoms with Gasteiger partial charge in [-0.3, -0.25) is 33.7 Å². The van der Waals surface area contributed by atoms with Gasteiger partial charge in [-0.1, -0.05) is 0 Å². The van der Waals surface area contributed by atoms with Crippen LogP contribution in [0, 0.1) is 0 Å². The predicted molar refractivity (Wildman–Crippen MR) is 222 cm³/mol. The van der Waals surface area contributed by atoms with Gasteiger partial charge in [-0.15, -0.1) is 23.5 Å². The minimum absolute atomic E-state index is 0.0350. The normalized spacial score (nSPS) is 14.3. The van der Waals surface area contributed by atoms with E-state index in [1.54, 1.807) is 19.6 Å². The maximum absolute atomic E-state index is 13.3. The molecule has 2 heterocycles. The number of hydrogen-bond donors (Lipinski definition) is 0. The Morgan fingerprint density at radius 1 is 0.450 bits per heavy atom. The number of carbonyl (C=O) groups excluding carboxylic acids is 7. The minimum Gasteiger partial charge on any atom is -0.447 e. The van der Waals surface area contributed by atoms with E-state index in [2.05, 4.69) is 0 Å². The Bertz CT molecular complexity index is 1200. The third kappa shape index (κ3) is 25.0. The monoisotopic (exact) mass is 895 g/mol. The Hall–Kier alpha value is -3.09. The Balaban J connectivity index is 1.65. The van der Waals surface area contributed by atoms with Gasteiger partial charge in [-0.2, -0.15) is 0 Å². The highest BCUT2D eigenvalue weighted by molar-refractivity contribution is 8.00. The number of Topliss-reactive ketones (excluding diaryl/α,β-unsaturated/α-hetero) is 2. The van der Waals surface area contributed by atoms with E-state index in [0.29, 0.717) is 104 Å². The molecule has 344 valence electrons. The summed E-state index contributed by atoms with van der Waals surface area (Å²) in [6.45, 7) is 8.97. The molecule has 2 aliphatic rings. The van der Waals surface area contributed by atoms with Gasteiger partial charge >= 0.3 is 6.09 Å². The first-order valence-corrected chi connectivity index (χ1v) is 22.4. The first-order valence-electron chi connectivity index (χ1n) is 20.1. The number of thioether (sulfide) groups is 2. The summed E-state index contributed by atoms with van der Waals surface area (Å²) in [7, 11) is 1.46. The molecule has 0 saturated carbocycles. The molecule has 0 aliphatic carbocycles. The zero-order chi connectivity index (χ0) is 43.8. The molecule has 0 atom stereocenters. The van der Waals surface area contributed by atoms with Crippen molar-refractivity contribution in [3.63, 3.8) is 0 Å². The van der Waals surface area contributed by atoms with Gasteiger partial charge in [0.2, 0.25) is 23.6 Å². The molecule has 2 saturated heterocycles. The Labute approximate surface area is 361 Å². The molecule has 5 amide bonds. The highest BCUT2D eigenvalue weighted by Crippen LogP contribution is 2.11. The van der Waals surface area contributed by atoms with Crippen LogP contribution in [0.15, 0.2) is 0 Å². The molecule has 60 heavy (non-hydrogen) atoms.